The molecule has 0 spiro atoms. The molecule has 0 amide bonds. The molecule has 0 unspecified atom stereocenters. The van der Waals surface area contributed by atoms with Crippen LogP contribution in [-0.2, 0) is 0 Å². The molecule has 0 aromatic heterocycles. The fourth-order valence-electron chi connectivity index (χ4n) is 1.50. The van der Waals surface area contributed by atoms with Crippen LogP contribution in [0.4, 0.5) is 17.6 Å². The molecule has 0 aliphatic rings. The zero-order valence-corrected chi connectivity index (χ0v) is 8.10. The van der Waals surface area contributed by atoms with Crippen LogP contribution in [0.2, 0.25) is 0 Å². The Hall–Kier alpha value is -2.11. The minimum absolute atomic E-state index is 0.275. The van der Waals surface area contributed by atoms with Gasteiger partial charge >= 0.3 is 5.97 Å². The Labute approximate surface area is 92.1 Å². The van der Waals surface area contributed by atoms with Crippen LogP contribution in [0.15, 0.2) is 18.2 Å². The van der Waals surface area contributed by atoms with E-state index in [0.29, 0.717) is 12.1 Å². The summed E-state index contributed by atoms with van der Waals surface area (Å²) in [6.07, 6.45) is 0. The van der Waals surface area contributed by atoms with Gasteiger partial charge in [-0.2, -0.15) is 0 Å². The third-order valence-electron chi connectivity index (χ3n) is 2.29. The normalized spacial score (nSPS) is 10.8. The van der Waals surface area contributed by atoms with Gasteiger partial charge in [0.2, 0.25) is 0 Å². The fraction of sp³-hybridized carbons (Fsp3) is 0. The van der Waals surface area contributed by atoms with Crippen molar-refractivity contribution in [2.45, 2.75) is 0 Å². The van der Waals surface area contributed by atoms with Crippen LogP contribution in [0.25, 0.3) is 10.8 Å². The summed E-state index contributed by atoms with van der Waals surface area (Å²) in [5, 5.41) is 7.49. The molecule has 88 valence electrons. The van der Waals surface area contributed by atoms with E-state index in [9.17, 15) is 22.4 Å². The molecule has 2 aromatic carbocycles. The highest BCUT2D eigenvalue weighted by Crippen LogP contribution is 2.26. The zero-order valence-electron chi connectivity index (χ0n) is 8.10. The number of carbonyl (C=O) groups is 1. The molecular weight excluding hydrogens is 240 g/mol. The smallest absolute Gasteiger partial charge is 0.338 e. The van der Waals surface area contributed by atoms with Crippen LogP contribution in [0.5, 0.6) is 0 Å². The molecule has 6 heteroatoms. The summed E-state index contributed by atoms with van der Waals surface area (Å²) < 4.78 is 52.6. The van der Waals surface area contributed by atoms with Crippen molar-refractivity contribution in [3.05, 3.63) is 47.0 Å². The van der Waals surface area contributed by atoms with E-state index in [1.807, 2.05) is 0 Å². The van der Waals surface area contributed by atoms with Crippen molar-refractivity contribution in [2.24, 2.45) is 0 Å². The average Bonchev–Trinajstić information content (AvgIpc) is 2.25. The average molecular weight is 244 g/mol. The number of hydrogen-bond donors (Lipinski definition) is 1. The van der Waals surface area contributed by atoms with Crippen LogP contribution in [0.3, 0.4) is 0 Å². The Morgan fingerprint density at radius 2 is 1.53 bits per heavy atom. The molecule has 0 saturated carbocycles. The summed E-state index contributed by atoms with van der Waals surface area (Å²) >= 11 is 0. The van der Waals surface area contributed by atoms with E-state index < -0.39 is 45.6 Å². The molecule has 0 aliphatic heterocycles. The lowest BCUT2D eigenvalue weighted by atomic mass is 10.0. The number of fused-ring (bicyclic) bond motifs is 1. The summed E-state index contributed by atoms with van der Waals surface area (Å²) in [6.45, 7) is 0. The van der Waals surface area contributed by atoms with Crippen LogP contribution in [0.1, 0.15) is 10.4 Å². The van der Waals surface area contributed by atoms with E-state index in [0.717, 1.165) is 0 Å². The molecular formula is C11H4F4O2. The standard InChI is InChI=1S/C11H4F4O2/c12-7-2-4-5(1-6(7)11(16)17)10(15)9(14)3-8(4)13/h1-3H,(H,16,17). The molecule has 0 heterocycles. The molecule has 0 radical (unpaired) electrons. The summed E-state index contributed by atoms with van der Waals surface area (Å²) in [5.74, 6) is -6.89. The number of carboxylic acid groups (broad SMARTS) is 1. The van der Waals surface area contributed by atoms with Crippen molar-refractivity contribution >= 4 is 16.7 Å². The Balaban J connectivity index is 2.93. The van der Waals surface area contributed by atoms with Crippen molar-refractivity contribution < 1.29 is 27.5 Å². The van der Waals surface area contributed by atoms with Crippen molar-refractivity contribution in [1.29, 1.82) is 0 Å². The number of halogens is 4. The maximum Gasteiger partial charge on any atom is 0.338 e. The highest BCUT2D eigenvalue weighted by molar-refractivity contribution is 5.95. The molecule has 2 aromatic rings. The predicted octanol–water partition coefficient (Wildman–Crippen LogP) is 3.09. The van der Waals surface area contributed by atoms with Gasteiger partial charge in [0, 0.05) is 16.8 Å². The van der Waals surface area contributed by atoms with Crippen LogP contribution >= 0.6 is 0 Å². The Kier molecular flexibility index (Phi) is 2.49. The molecule has 17 heavy (non-hydrogen) atoms. The molecule has 0 atom stereocenters. The minimum atomic E-state index is -1.64. The highest BCUT2D eigenvalue weighted by Gasteiger charge is 2.18. The Bertz CT molecular complexity index is 637. The first kappa shape index (κ1) is 11.4. The lowest BCUT2D eigenvalue weighted by Crippen LogP contribution is -2.02. The number of carboxylic acids is 1. The van der Waals surface area contributed by atoms with E-state index in [4.69, 9.17) is 5.11 Å². The third-order valence-corrected chi connectivity index (χ3v) is 2.29. The van der Waals surface area contributed by atoms with Crippen LogP contribution in [-0.4, -0.2) is 11.1 Å². The monoisotopic (exact) mass is 244 g/mol. The van der Waals surface area contributed by atoms with E-state index in [2.05, 4.69) is 0 Å². The lowest BCUT2D eigenvalue weighted by molar-refractivity contribution is 0.0692. The van der Waals surface area contributed by atoms with E-state index in [1.54, 1.807) is 0 Å². The number of rotatable bonds is 1. The van der Waals surface area contributed by atoms with Gasteiger partial charge in [-0.3, -0.25) is 0 Å². The second-order valence-electron chi connectivity index (χ2n) is 3.34. The summed E-state index contributed by atoms with van der Waals surface area (Å²) in [5.41, 5.74) is -0.846. The molecule has 0 fully saturated rings. The van der Waals surface area contributed by atoms with Gasteiger partial charge in [0.25, 0.3) is 0 Å². The van der Waals surface area contributed by atoms with E-state index in [-0.39, 0.29) is 6.07 Å². The van der Waals surface area contributed by atoms with Gasteiger partial charge in [-0.25, -0.2) is 22.4 Å². The highest BCUT2D eigenvalue weighted by atomic mass is 19.2. The molecule has 2 nitrogen and oxygen atoms in total. The van der Waals surface area contributed by atoms with Crippen molar-refractivity contribution in [1.82, 2.24) is 0 Å². The predicted molar refractivity (Wildman–Crippen MR) is 50.7 cm³/mol. The number of aromatic carboxylic acids is 1. The zero-order chi connectivity index (χ0) is 12.7. The summed E-state index contributed by atoms with van der Waals surface area (Å²) in [7, 11) is 0. The second kappa shape index (κ2) is 3.73. The van der Waals surface area contributed by atoms with Gasteiger partial charge in [0.05, 0.1) is 5.56 Å². The first-order chi connectivity index (χ1) is 7.91. The lowest BCUT2D eigenvalue weighted by Gasteiger charge is -2.05. The number of hydrogen-bond acceptors (Lipinski definition) is 1. The van der Waals surface area contributed by atoms with Gasteiger partial charge in [0.15, 0.2) is 11.6 Å². The largest absolute Gasteiger partial charge is 0.478 e. The summed E-state index contributed by atoms with van der Waals surface area (Å²) in [6, 6.07) is 1.36. The Morgan fingerprint density at radius 3 is 2.12 bits per heavy atom. The molecule has 2 rings (SSSR count). The molecule has 0 aliphatic carbocycles. The van der Waals surface area contributed by atoms with Gasteiger partial charge in [-0.15, -0.1) is 0 Å². The quantitative estimate of drug-likeness (QED) is 0.618. The topological polar surface area (TPSA) is 37.3 Å². The van der Waals surface area contributed by atoms with Gasteiger partial charge in [-0.1, -0.05) is 0 Å². The van der Waals surface area contributed by atoms with Gasteiger partial charge < -0.3 is 5.11 Å². The van der Waals surface area contributed by atoms with Gasteiger partial charge in [-0.05, 0) is 12.1 Å². The SMILES string of the molecule is O=C(O)c1cc2c(F)c(F)cc(F)c2cc1F. The van der Waals surface area contributed by atoms with Crippen LogP contribution in [0, 0.1) is 23.3 Å². The summed E-state index contributed by atoms with van der Waals surface area (Å²) in [4.78, 5) is 10.6. The van der Waals surface area contributed by atoms with Crippen molar-refractivity contribution in [3.63, 3.8) is 0 Å². The maximum absolute atomic E-state index is 13.3. The molecule has 0 bridgehead atoms. The first-order valence-corrected chi connectivity index (χ1v) is 4.42. The van der Waals surface area contributed by atoms with E-state index >= 15 is 0 Å². The van der Waals surface area contributed by atoms with Crippen molar-refractivity contribution in [2.75, 3.05) is 0 Å². The fourth-order valence-corrected chi connectivity index (χ4v) is 1.50. The van der Waals surface area contributed by atoms with Gasteiger partial charge in [0.1, 0.15) is 11.6 Å². The first-order valence-electron chi connectivity index (χ1n) is 4.42. The second-order valence-corrected chi connectivity index (χ2v) is 3.34. The molecule has 1 N–H and O–H groups in total. The molecule has 0 saturated heterocycles. The van der Waals surface area contributed by atoms with E-state index in [1.165, 1.54) is 0 Å². The van der Waals surface area contributed by atoms with Crippen LogP contribution < -0.4 is 0 Å². The third kappa shape index (κ3) is 1.71. The van der Waals surface area contributed by atoms with Crippen molar-refractivity contribution in [3.8, 4) is 0 Å². The number of benzene rings is 2. The minimum Gasteiger partial charge on any atom is -0.478 e. The maximum atomic E-state index is 13.3. The Morgan fingerprint density at radius 1 is 0.882 bits per heavy atom.